The van der Waals surface area contributed by atoms with Gasteiger partial charge in [0.1, 0.15) is 12.2 Å². The molecule has 1 atom stereocenters. The molecule has 0 spiro atoms. The number of imidazole rings is 2. The molecule has 5 aromatic rings. The number of hydrogen-bond acceptors (Lipinski definition) is 7. The van der Waals surface area contributed by atoms with Crippen LogP contribution >= 0.6 is 0 Å². The lowest BCUT2D eigenvalue weighted by Crippen LogP contribution is -2.50. The Labute approximate surface area is 222 Å². The maximum atomic E-state index is 11.0. The second-order valence-corrected chi connectivity index (χ2v) is 9.83. The van der Waals surface area contributed by atoms with E-state index in [1.165, 1.54) is 17.5 Å². The maximum absolute atomic E-state index is 11.0. The van der Waals surface area contributed by atoms with Crippen LogP contribution in [0.5, 0.6) is 0 Å². The van der Waals surface area contributed by atoms with Crippen LogP contribution in [0.25, 0.3) is 17.0 Å². The van der Waals surface area contributed by atoms with Gasteiger partial charge in [0.05, 0.1) is 25.0 Å². The Hall–Kier alpha value is -3.92. The third-order valence-electron chi connectivity index (χ3n) is 7.31. The molecule has 9 nitrogen and oxygen atoms in total. The molecule has 0 unspecified atom stereocenters. The minimum atomic E-state index is -0.536. The summed E-state index contributed by atoms with van der Waals surface area (Å²) in [7, 11) is 0. The van der Waals surface area contributed by atoms with Crippen LogP contribution in [-0.4, -0.2) is 82.8 Å². The fraction of sp³-hybridized carbons (Fsp3) is 0.310. The summed E-state index contributed by atoms with van der Waals surface area (Å²) in [6, 6.07) is 21.7. The zero-order chi connectivity index (χ0) is 25.9. The standard InChI is InChI=1S/C29H32N8O/c1-22-30-12-13-37(22)29-26-28(31-20-32-29)36(21-33-26)19-25(38)18-34-14-16-35(17-15-34)27(23-8-4-2-5-9-23)24-10-6-3-7-11-24/h2-13,20-21,25,27,38H,14-19H2,1H3/t25-/m0/s1. The predicted octanol–water partition coefficient (Wildman–Crippen LogP) is 3.09. The molecule has 0 aliphatic carbocycles. The van der Waals surface area contributed by atoms with E-state index in [1.807, 2.05) is 22.3 Å². The number of aliphatic hydroxyl groups is 1. The fourth-order valence-electron chi connectivity index (χ4n) is 5.45. The van der Waals surface area contributed by atoms with Crippen molar-refractivity contribution in [2.24, 2.45) is 0 Å². The van der Waals surface area contributed by atoms with Gasteiger partial charge in [0.25, 0.3) is 0 Å². The highest BCUT2D eigenvalue weighted by atomic mass is 16.3. The van der Waals surface area contributed by atoms with Crippen LogP contribution in [0.1, 0.15) is 23.0 Å². The van der Waals surface area contributed by atoms with Crippen molar-refractivity contribution < 1.29 is 5.11 Å². The SMILES string of the molecule is Cc1nccn1-c1ncnc2c1ncn2C[C@@H](O)CN1CCN(C(c2ccccc2)c2ccccc2)CC1. The average Bonchev–Trinajstić information content (AvgIpc) is 3.57. The van der Waals surface area contributed by atoms with Gasteiger partial charge in [-0.25, -0.2) is 19.9 Å². The second kappa shape index (κ2) is 10.8. The normalized spacial score (nSPS) is 15.9. The molecule has 1 aliphatic heterocycles. The number of β-amino-alcohol motifs (C(OH)–C–C–N with tert-alkyl or cyclic N) is 1. The monoisotopic (exact) mass is 508 g/mol. The van der Waals surface area contributed by atoms with E-state index in [9.17, 15) is 5.11 Å². The van der Waals surface area contributed by atoms with E-state index in [4.69, 9.17) is 0 Å². The maximum Gasteiger partial charge on any atom is 0.169 e. The van der Waals surface area contributed by atoms with Crippen molar-refractivity contribution in [2.45, 2.75) is 25.6 Å². The smallest absolute Gasteiger partial charge is 0.169 e. The topological polar surface area (TPSA) is 88.1 Å². The van der Waals surface area contributed by atoms with E-state index >= 15 is 0 Å². The molecule has 9 heteroatoms. The summed E-state index contributed by atoms with van der Waals surface area (Å²) in [5.41, 5.74) is 4.03. The minimum Gasteiger partial charge on any atom is -0.390 e. The van der Waals surface area contributed by atoms with Crippen molar-refractivity contribution in [1.29, 1.82) is 0 Å². The summed E-state index contributed by atoms with van der Waals surface area (Å²) < 4.78 is 3.81. The van der Waals surface area contributed by atoms with Crippen molar-refractivity contribution in [1.82, 2.24) is 38.9 Å². The van der Waals surface area contributed by atoms with Crippen molar-refractivity contribution in [2.75, 3.05) is 32.7 Å². The van der Waals surface area contributed by atoms with Crippen LogP contribution in [0.4, 0.5) is 0 Å². The number of benzene rings is 2. The van der Waals surface area contributed by atoms with E-state index in [-0.39, 0.29) is 6.04 Å². The molecule has 1 N–H and O–H groups in total. The molecule has 0 radical (unpaired) electrons. The third kappa shape index (κ3) is 4.96. The first-order chi connectivity index (χ1) is 18.7. The second-order valence-electron chi connectivity index (χ2n) is 9.83. The zero-order valence-corrected chi connectivity index (χ0v) is 21.5. The van der Waals surface area contributed by atoms with Gasteiger partial charge in [0.2, 0.25) is 0 Å². The molecule has 0 saturated carbocycles. The summed E-state index contributed by atoms with van der Waals surface area (Å²) in [5.74, 6) is 1.53. The van der Waals surface area contributed by atoms with Gasteiger partial charge < -0.3 is 9.67 Å². The van der Waals surface area contributed by atoms with Crippen LogP contribution in [-0.2, 0) is 6.54 Å². The van der Waals surface area contributed by atoms with Crippen molar-refractivity contribution >= 4 is 11.2 Å². The average molecular weight is 509 g/mol. The molecule has 1 saturated heterocycles. The van der Waals surface area contributed by atoms with Crippen LogP contribution in [0.2, 0.25) is 0 Å². The summed E-state index contributed by atoms with van der Waals surface area (Å²) in [6.45, 7) is 6.65. The van der Waals surface area contributed by atoms with E-state index in [0.29, 0.717) is 30.1 Å². The summed E-state index contributed by atoms with van der Waals surface area (Å²) in [4.78, 5) is 22.6. The van der Waals surface area contributed by atoms with Gasteiger partial charge in [-0.15, -0.1) is 0 Å². The van der Waals surface area contributed by atoms with Gasteiger partial charge >= 0.3 is 0 Å². The first kappa shape index (κ1) is 24.4. The van der Waals surface area contributed by atoms with Gasteiger partial charge in [-0.1, -0.05) is 60.7 Å². The highest BCUT2D eigenvalue weighted by molar-refractivity contribution is 5.78. The Morgan fingerprint density at radius 3 is 2.13 bits per heavy atom. The molecule has 1 fully saturated rings. The van der Waals surface area contributed by atoms with Gasteiger partial charge in [0, 0.05) is 45.1 Å². The van der Waals surface area contributed by atoms with Crippen molar-refractivity contribution in [3.8, 4) is 5.82 Å². The largest absolute Gasteiger partial charge is 0.390 e. The first-order valence-corrected chi connectivity index (χ1v) is 13.1. The highest BCUT2D eigenvalue weighted by Gasteiger charge is 2.27. The predicted molar refractivity (Wildman–Crippen MR) is 146 cm³/mol. The third-order valence-corrected chi connectivity index (χ3v) is 7.31. The van der Waals surface area contributed by atoms with E-state index in [2.05, 4.69) is 90.4 Å². The Balaban J connectivity index is 1.11. The Kier molecular flexibility index (Phi) is 6.96. The lowest BCUT2D eigenvalue weighted by atomic mass is 9.96. The van der Waals surface area contributed by atoms with Crippen LogP contribution < -0.4 is 0 Å². The minimum absolute atomic E-state index is 0.231. The quantitative estimate of drug-likeness (QED) is 0.345. The number of nitrogens with zero attached hydrogens (tertiary/aromatic N) is 8. The first-order valence-electron chi connectivity index (χ1n) is 13.1. The molecule has 38 heavy (non-hydrogen) atoms. The lowest BCUT2D eigenvalue weighted by Gasteiger charge is -2.40. The zero-order valence-electron chi connectivity index (χ0n) is 21.5. The lowest BCUT2D eigenvalue weighted by molar-refractivity contribution is 0.0560. The number of aliphatic hydroxyl groups excluding tert-OH is 1. The summed E-state index contributed by atoms with van der Waals surface area (Å²) >= 11 is 0. The van der Waals surface area contributed by atoms with Crippen molar-refractivity contribution in [3.05, 3.63) is 103 Å². The van der Waals surface area contributed by atoms with E-state index in [0.717, 1.165) is 32.0 Å². The highest BCUT2D eigenvalue weighted by Crippen LogP contribution is 2.29. The number of hydrogen-bond donors (Lipinski definition) is 1. The van der Waals surface area contributed by atoms with Crippen LogP contribution in [0.3, 0.4) is 0 Å². The molecule has 3 aromatic heterocycles. The van der Waals surface area contributed by atoms with E-state index in [1.54, 1.807) is 12.5 Å². The van der Waals surface area contributed by atoms with Crippen LogP contribution in [0.15, 0.2) is 85.7 Å². The number of aromatic nitrogens is 6. The number of piperazine rings is 1. The van der Waals surface area contributed by atoms with Gasteiger partial charge in [-0.3, -0.25) is 14.4 Å². The van der Waals surface area contributed by atoms with Crippen LogP contribution in [0, 0.1) is 6.92 Å². The van der Waals surface area contributed by atoms with Gasteiger partial charge in [-0.05, 0) is 18.1 Å². The fourth-order valence-corrected chi connectivity index (χ4v) is 5.45. The van der Waals surface area contributed by atoms with Crippen molar-refractivity contribution in [3.63, 3.8) is 0 Å². The van der Waals surface area contributed by atoms with E-state index < -0.39 is 6.10 Å². The van der Waals surface area contributed by atoms with Gasteiger partial charge in [-0.2, -0.15) is 0 Å². The molecule has 194 valence electrons. The Morgan fingerprint density at radius 1 is 0.816 bits per heavy atom. The number of rotatable bonds is 8. The molecule has 0 bridgehead atoms. The summed E-state index contributed by atoms with van der Waals surface area (Å²) in [5, 5.41) is 11.0. The molecular weight excluding hydrogens is 476 g/mol. The molecule has 4 heterocycles. The van der Waals surface area contributed by atoms with Gasteiger partial charge in [0.15, 0.2) is 17.0 Å². The molecule has 6 rings (SSSR count). The number of aryl methyl sites for hydroxylation is 1. The Bertz CT molecular complexity index is 1440. The number of fused-ring (bicyclic) bond motifs is 1. The summed E-state index contributed by atoms with van der Waals surface area (Å²) in [6.07, 6.45) is 6.35. The molecule has 1 aliphatic rings. The molecular formula is C29H32N8O. The Morgan fingerprint density at radius 2 is 1.50 bits per heavy atom. The molecule has 0 amide bonds. The molecule has 2 aromatic carbocycles.